The molecule has 1 aromatic heterocycles. The first-order valence-electron chi connectivity index (χ1n) is 9.58. The molecule has 1 aliphatic heterocycles. The van der Waals surface area contributed by atoms with Gasteiger partial charge in [-0.15, -0.1) is 0 Å². The summed E-state index contributed by atoms with van der Waals surface area (Å²) in [6.07, 6.45) is 0.255. The molecule has 3 aromatic rings. The summed E-state index contributed by atoms with van der Waals surface area (Å²) in [5, 5.41) is 3.51. The minimum absolute atomic E-state index is 0.0800. The quantitative estimate of drug-likeness (QED) is 0.523. The Morgan fingerprint density at radius 3 is 2.66 bits per heavy atom. The summed E-state index contributed by atoms with van der Waals surface area (Å²) in [5.41, 5.74) is 4.67. The molecule has 6 heteroatoms. The Labute approximate surface area is 174 Å². The third-order valence-electron chi connectivity index (χ3n) is 5.32. The molecule has 29 heavy (non-hydrogen) atoms. The number of rotatable bonds is 4. The Kier molecular flexibility index (Phi) is 5.28. The molecule has 0 bridgehead atoms. The van der Waals surface area contributed by atoms with Gasteiger partial charge in [-0.05, 0) is 30.5 Å². The van der Waals surface area contributed by atoms with E-state index in [4.69, 9.17) is 0 Å². The van der Waals surface area contributed by atoms with Gasteiger partial charge in [0.05, 0.1) is 5.56 Å². The van der Waals surface area contributed by atoms with Crippen molar-refractivity contribution in [2.45, 2.75) is 37.1 Å². The molecule has 1 amide bonds. The summed E-state index contributed by atoms with van der Waals surface area (Å²) in [6.45, 7) is 4.04. The molecule has 1 N–H and O–H groups in total. The molecule has 5 nitrogen and oxygen atoms in total. The largest absolute Gasteiger partial charge is 0.312 e. The zero-order chi connectivity index (χ0) is 20.5. The van der Waals surface area contributed by atoms with Crippen molar-refractivity contribution in [1.82, 2.24) is 9.55 Å². The predicted molar refractivity (Wildman–Crippen MR) is 116 cm³/mol. The smallest absolute Gasteiger partial charge is 0.279 e. The van der Waals surface area contributed by atoms with Gasteiger partial charge in [0.25, 0.3) is 5.56 Å². The molecule has 0 saturated carbocycles. The number of benzene rings is 2. The van der Waals surface area contributed by atoms with E-state index in [1.807, 2.05) is 67.9 Å². The second-order valence-electron chi connectivity index (χ2n) is 7.46. The van der Waals surface area contributed by atoms with Crippen LogP contribution in [0.1, 0.15) is 40.2 Å². The summed E-state index contributed by atoms with van der Waals surface area (Å²) >= 11 is 1.49. The maximum absolute atomic E-state index is 13.0. The fraction of sp³-hybridized carbons (Fsp3) is 0.261. The van der Waals surface area contributed by atoms with Crippen LogP contribution in [0.3, 0.4) is 0 Å². The monoisotopic (exact) mass is 405 g/mol. The van der Waals surface area contributed by atoms with Crippen LogP contribution in [0, 0.1) is 13.8 Å². The number of nitrogens with one attached hydrogen (secondary N) is 1. The van der Waals surface area contributed by atoms with Crippen LogP contribution >= 0.6 is 11.8 Å². The molecule has 0 spiro atoms. The average Bonchev–Trinajstić information content (AvgIpc) is 2.71. The van der Waals surface area contributed by atoms with E-state index in [2.05, 4.69) is 16.4 Å². The third-order valence-corrected chi connectivity index (χ3v) is 6.42. The highest BCUT2D eigenvalue weighted by Gasteiger charge is 2.32. The van der Waals surface area contributed by atoms with Crippen LogP contribution in [0.2, 0.25) is 0 Å². The molecule has 4 rings (SSSR count). The number of amides is 1. The molecule has 0 aliphatic carbocycles. The number of hydrogen-bond donors (Lipinski definition) is 1. The lowest BCUT2D eigenvalue weighted by molar-refractivity contribution is -0.116. The lowest BCUT2D eigenvalue weighted by Gasteiger charge is -2.28. The van der Waals surface area contributed by atoms with Crippen LogP contribution in [0.5, 0.6) is 0 Å². The lowest BCUT2D eigenvalue weighted by atomic mass is 9.84. The van der Waals surface area contributed by atoms with Gasteiger partial charge in [0.2, 0.25) is 5.91 Å². The van der Waals surface area contributed by atoms with Crippen molar-refractivity contribution in [2.75, 3.05) is 5.32 Å². The normalized spacial score (nSPS) is 15.7. The van der Waals surface area contributed by atoms with Gasteiger partial charge in [0, 0.05) is 25.1 Å². The molecule has 0 radical (unpaired) electrons. The van der Waals surface area contributed by atoms with Gasteiger partial charge in [-0.1, -0.05) is 65.9 Å². The van der Waals surface area contributed by atoms with E-state index in [9.17, 15) is 9.59 Å². The van der Waals surface area contributed by atoms with Crippen LogP contribution in [0.4, 0.5) is 5.82 Å². The first-order chi connectivity index (χ1) is 13.9. The number of aromatic nitrogens is 2. The molecule has 2 aromatic carbocycles. The Balaban J connectivity index is 1.76. The molecule has 1 aliphatic rings. The van der Waals surface area contributed by atoms with Crippen LogP contribution in [-0.2, 0) is 17.6 Å². The van der Waals surface area contributed by atoms with Crippen LogP contribution in [-0.4, -0.2) is 15.5 Å². The lowest BCUT2D eigenvalue weighted by Crippen LogP contribution is -2.33. The first kappa shape index (κ1) is 19.5. The third kappa shape index (κ3) is 3.85. The van der Waals surface area contributed by atoms with Gasteiger partial charge in [0.15, 0.2) is 5.16 Å². The number of hydrogen-bond acceptors (Lipinski definition) is 4. The predicted octanol–water partition coefficient (Wildman–Crippen LogP) is 4.16. The fourth-order valence-corrected chi connectivity index (χ4v) is 4.71. The van der Waals surface area contributed by atoms with Crippen molar-refractivity contribution < 1.29 is 4.79 Å². The van der Waals surface area contributed by atoms with Crippen molar-refractivity contribution in [1.29, 1.82) is 0 Å². The van der Waals surface area contributed by atoms with E-state index in [0.29, 0.717) is 22.3 Å². The first-order valence-corrected chi connectivity index (χ1v) is 10.6. The molecule has 0 unspecified atom stereocenters. The molecule has 0 saturated heterocycles. The van der Waals surface area contributed by atoms with Gasteiger partial charge in [0.1, 0.15) is 5.82 Å². The molecule has 0 fully saturated rings. The summed E-state index contributed by atoms with van der Waals surface area (Å²) in [4.78, 5) is 29.9. The van der Waals surface area contributed by atoms with Gasteiger partial charge < -0.3 is 9.88 Å². The number of anilines is 1. The van der Waals surface area contributed by atoms with E-state index < -0.39 is 0 Å². The second kappa shape index (κ2) is 7.87. The Hall–Kier alpha value is -2.86. The minimum atomic E-state index is -0.280. The summed E-state index contributed by atoms with van der Waals surface area (Å²) in [5.74, 6) is 0.901. The molecule has 2 heterocycles. The number of aryl methyl sites for hydroxylation is 2. The van der Waals surface area contributed by atoms with Crippen molar-refractivity contribution in [3.05, 3.63) is 86.7 Å². The number of fused-ring (bicyclic) bond motifs is 1. The van der Waals surface area contributed by atoms with Crippen LogP contribution < -0.4 is 10.9 Å². The number of carbonyl (C=O) groups is 1. The average molecular weight is 406 g/mol. The Bertz CT molecular complexity index is 1140. The highest BCUT2D eigenvalue weighted by Crippen LogP contribution is 2.37. The number of nitrogens with zero attached hydrogens (tertiary/aromatic N) is 2. The zero-order valence-electron chi connectivity index (χ0n) is 16.7. The Morgan fingerprint density at radius 2 is 1.90 bits per heavy atom. The Morgan fingerprint density at radius 1 is 1.14 bits per heavy atom. The van der Waals surface area contributed by atoms with Crippen molar-refractivity contribution >= 4 is 23.5 Å². The SMILES string of the molecule is Cc1ccc(C)c([C@H]2CC(=O)Nc3c2c(=O)nc(SCc2ccccc2)n3C)c1. The van der Waals surface area contributed by atoms with Gasteiger partial charge in [-0.2, -0.15) is 4.98 Å². The summed E-state index contributed by atoms with van der Waals surface area (Å²) < 4.78 is 1.83. The minimum Gasteiger partial charge on any atom is -0.312 e. The molecule has 1 atom stereocenters. The van der Waals surface area contributed by atoms with Crippen LogP contribution in [0.15, 0.2) is 58.5 Å². The maximum Gasteiger partial charge on any atom is 0.279 e. The summed E-state index contributed by atoms with van der Waals surface area (Å²) in [7, 11) is 1.85. The van der Waals surface area contributed by atoms with Crippen molar-refractivity contribution in [3.8, 4) is 0 Å². The summed E-state index contributed by atoms with van der Waals surface area (Å²) in [6, 6.07) is 16.2. The van der Waals surface area contributed by atoms with Crippen LogP contribution in [0.25, 0.3) is 0 Å². The maximum atomic E-state index is 13.0. The highest BCUT2D eigenvalue weighted by molar-refractivity contribution is 7.98. The fourth-order valence-electron chi connectivity index (χ4n) is 3.79. The molecular weight excluding hydrogens is 382 g/mol. The molecule has 148 valence electrons. The van der Waals surface area contributed by atoms with E-state index in [-0.39, 0.29) is 23.8 Å². The van der Waals surface area contributed by atoms with E-state index in [1.54, 1.807) is 0 Å². The van der Waals surface area contributed by atoms with Gasteiger partial charge in [-0.25, -0.2) is 0 Å². The topological polar surface area (TPSA) is 64.0 Å². The zero-order valence-corrected chi connectivity index (χ0v) is 17.5. The van der Waals surface area contributed by atoms with Gasteiger partial charge >= 0.3 is 0 Å². The van der Waals surface area contributed by atoms with Crippen molar-refractivity contribution in [3.63, 3.8) is 0 Å². The molecular formula is C23H23N3O2S. The number of carbonyl (C=O) groups excluding carboxylic acids is 1. The standard InChI is InChI=1S/C23H23N3O2S/c1-14-9-10-15(2)17(11-14)18-12-19(27)24-21-20(18)22(28)25-23(26(21)3)29-13-16-7-5-4-6-8-16/h4-11,18H,12-13H2,1-3H3,(H,24,27)/t18-/m1/s1. The van der Waals surface area contributed by atoms with E-state index >= 15 is 0 Å². The highest BCUT2D eigenvalue weighted by atomic mass is 32.2. The number of thioether (sulfide) groups is 1. The van der Waals surface area contributed by atoms with E-state index in [1.165, 1.54) is 11.8 Å². The van der Waals surface area contributed by atoms with Gasteiger partial charge in [-0.3, -0.25) is 9.59 Å². The second-order valence-corrected chi connectivity index (χ2v) is 8.40. The van der Waals surface area contributed by atoms with Crippen molar-refractivity contribution in [2.24, 2.45) is 7.05 Å². The van der Waals surface area contributed by atoms with E-state index in [0.717, 1.165) is 22.3 Å².